The third-order valence-corrected chi connectivity index (χ3v) is 5.42. The minimum atomic E-state index is -0.546. The van der Waals surface area contributed by atoms with Gasteiger partial charge in [-0.25, -0.2) is 0 Å². The van der Waals surface area contributed by atoms with E-state index in [4.69, 9.17) is 16.3 Å². The molecular weight excluding hydrogens is 430 g/mol. The van der Waals surface area contributed by atoms with Gasteiger partial charge in [-0.15, -0.1) is 0 Å². The number of halogens is 1. The van der Waals surface area contributed by atoms with Gasteiger partial charge in [-0.3, -0.25) is 4.79 Å². The third-order valence-electron chi connectivity index (χ3n) is 5.16. The monoisotopic (exact) mass is 449 g/mol. The standard InChI is InChI=1S/C29H20ClNO2/c30-26-16-14-22(15-17-26)25(20-31)18-21-8-7-13-27(19-21)33-29(32)28(23-9-3-1-4-10-23)24-11-5-2-6-12-24/h1-19,28H/b25-18-. The molecule has 0 fully saturated rings. The smallest absolute Gasteiger partial charge is 0.323 e. The summed E-state index contributed by atoms with van der Waals surface area (Å²) in [7, 11) is 0. The van der Waals surface area contributed by atoms with Gasteiger partial charge in [-0.05, 0) is 52.6 Å². The zero-order chi connectivity index (χ0) is 23.0. The van der Waals surface area contributed by atoms with Crippen LogP contribution in [0.25, 0.3) is 11.6 Å². The number of nitriles is 1. The van der Waals surface area contributed by atoms with Gasteiger partial charge in [0.15, 0.2) is 0 Å². The average molecular weight is 450 g/mol. The SMILES string of the molecule is N#C/C(=C/c1cccc(OC(=O)C(c2ccccc2)c2ccccc2)c1)c1ccc(Cl)cc1. The Balaban J connectivity index is 1.61. The normalized spacial score (nSPS) is 11.1. The highest BCUT2D eigenvalue weighted by atomic mass is 35.5. The van der Waals surface area contributed by atoms with Gasteiger partial charge in [0, 0.05) is 5.02 Å². The number of hydrogen-bond acceptors (Lipinski definition) is 3. The predicted molar refractivity (Wildman–Crippen MR) is 132 cm³/mol. The van der Waals surface area contributed by atoms with Crippen LogP contribution in [0.4, 0.5) is 0 Å². The van der Waals surface area contributed by atoms with Crippen LogP contribution < -0.4 is 4.74 Å². The number of rotatable bonds is 6. The van der Waals surface area contributed by atoms with E-state index >= 15 is 0 Å². The van der Waals surface area contributed by atoms with Gasteiger partial charge in [0.1, 0.15) is 11.7 Å². The maximum atomic E-state index is 13.3. The Morgan fingerprint density at radius 1 is 0.818 bits per heavy atom. The van der Waals surface area contributed by atoms with E-state index < -0.39 is 5.92 Å². The molecule has 0 bridgehead atoms. The van der Waals surface area contributed by atoms with Crippen molar-refractivity contribution in [2.24, 2.45) is 0 Å². The highest BCUT2D eigenvalue weighted by molar-refractivity contribution is 6.30. The Morgan fingerprint density at radius 3 is 2.00 bits per heavy atom. The van der Waals surface area contributed by atoms with E-state index in [1.807, 2.05) is 66.7 Å². The molecule has 0 radical (unpaired) electrons. The van der Waals surface area contributed by atoms with Crippen molar-refractivity contribution in [3.63, 3.8) is 0 Å². The molecule has 0 aromatic heterocycles. The second-order valence-corrected chi connectivity index (χ2v) is 7.86. The van der Waals surface area contributed by atoms with E-state index in [2.05, 4.69) is 6.07 Å². The van der Waals surface area contributed by atoms with Crippen molar-refractivity contribution >= 4 is 29.2 Å². The molecule has 0 aliphatic carbocycles. The fraction of sp³-hybridized carbons (Fsp3) is 0.0345. The van der Waals surface area contributed by atoms with Gasteiger partial charge < -0.3 is 4.74 Å². The van der Waals surface area contributed by atoms with Crippen molar-refractivity contribution in [1.82, 2.24) is 0 Å². The zero-order valence-electron chi connectivity index (χ0n) is 17.7. The molecule has 0 unspecified atom stereocenters. The highest BCUT2D eigenvalue weighted by Crippen LogP contribution is 2.28. The van der Waals surface area contributed by atoms with Crippen LogP contribution in [0.5, 0.6) is 5.75 Å². The predicted octanol–water partition coefficient (Wildman–Crippen LogP) is 7.14. The van der Waals surface area contributed by atoms with Crippen molar-refractivity contribution in [3.05, 3.63) is 136 Å². The second kappa shape index (κ2) is 10.5. The van der Waals surface area contributed by atoms with Crippen LogP contribution in [0, 0.1) is 11.3 Å². The van der Waals surface area contributed by atoms with Crippen molar-refractivity contribution in [1.29, 1.82) is 5.26 Å². The van der Waals surface area contributed by atoms with Crippen LogP contribution in [0.1, 0.15) is 28.2 Å². The second-order valence-electron chi connectivity index (χ2n) is 7.42. The number of carbonyl (C=O) groups is 1. The minimum absolute atomic E-state index is 0.369. The van der Waals surface area contributed by atoms with E-state index in [0.717, 1.165) is 22.3 Å². The fourth-order valence-corrected chi connectivity index (χ4v) is 3.70. The van der Waals surface area contributed by atoms with Crippen molar-refractivity contribution in [2.45, 2.75) is 5.92 Å². The minimum Gasteiger partial charge on any atom is -0.426 e. The van der Waals surface area contributed by atoms with Crippen LogP contribution in [-0.2, 0) is 4.79 Å². The van der Waals surface area contributed by atoms with Gasteiger partial charge in [0.2, 0.25) is 0 Å². The molecule has 0 amide bonds. The molecule has 4 rings (SSSR count). The summed E-state index contributed by atoms with van der Waals surface area (Å²) in [4.78, 5) is 13.3. The zero-order valence-corrected chi connectivity index (χ0v) is 18.4. The number of nitrogens with zero attached hydrogens (tertiary/aromatic N) is 1. The summed E-state index contributed by atoms with van der Waals surface area (Å²) < 4.78 is 5.79. The van der Waals surface area contributed by atoms with Gasteiger partial charge in [0.05, 0.1) is 11.6 Å². The molecule has 0 aliphatic heterocycles. The van der Waals surface area contributed by atoms with E-state index in [-0.39, 0.29) is 5.97 Å². The summed E-state index contributed by atoms with van der Waals surface area (Å²) in [5.74, 6) is -0.499. The van der Waals surface area contributed by atoms with Gasteiger partial charge in [-0.2, -0.15) is 5.26 Å². The maximum Gasteiger partial charge on any atom is 0.323 e. The summed E-state index contributed by atoms with van der Waals surface area (Å²) in [6.07, 6.45) is 1.76. The summed E-state index contributed by atoms with van der Waals surface area (Å²) in [5, 5.41) is 10.2. The third kappa shape index (κ3) is 5.57. The quantitative estimate of drug-likeness (QED) is 0.136. The molecule has 4 aromatic carbocycles. The molecule has 160 valence electrons. The van der Waals surface area contributed by atoms with Crippen LogP contribution in [-0.4, -0.2) is 5.97 Å². The molecule has 4 aromatic rings. The first kappa shape index (κ1) is 22.1. The Kier molecular flexibility index (Phi) is 6.99. The van der Waals surface area contributed by atoms with Gasteiger partial charge in [0.25, 0.3) is 0 Å². The molecule has 4 heteroatoms. The molecule has 0 saturated carbocycles. The molecule has 3 nitrogen and oxygen atoms in total. The first-order valence-electron chi connectivity index (χ1n) is 10.4. The van der Waals surface area contributed by atoms with Crippen LogP contribution in [0.3, 0.4) is 0 Å². The maximum absolute atomic E-state index is 13.3. The summed E-state index contributed by atoms with van der Waals surface area (Å²) in [6, 6.07) is 35.6. The lowest BCUT2D eigenvalue weighted by molar-refractivity contribution is -0.135. The van der Waals surface area contributed by atoms with Crippen LogP contribution in [0.2, 0.25) is 5.02 Å². The Labute approximate surface area is 198 Å². The highest BCUT2D eigenvalue weighted by Gasteiger charge is 2.24. The first-order chi connectivity index (χ1) is 16.1. The molecular formula is C29H20ClNO2. The number of esters is 1. The number of allylic oxidation sites excluding steroid dienone is 1. The van der Waals surface area contributed by atoms with Crippen molar-refractivity contribution in [2.75, 3.05) is 0 Å². The Morgan fingerprint density at radius 2 is 1.42 bits per heavy atom. The van der Waals surface area contributed by atoms with Crippen molar-refractivity contribution < 1.29 is 9.53 Å². The molecule has 0 atom stereocenters. The average Bonchev–Trinajstić information content (AvgIpc) is 2.85. The van der Waals surface area contributed by atoms with Gasteiger partial charge >= 0.3 is 5.97 Å². The Bertz CT molecular complexity index is 1270. The topological polar surface area (TPSA) is 50.1 Å². The number of hydrogen-bond donors (Lipinski definition) is 0. The molecule has 33 heavy (non-hydrogen) atoms. The van der Waals surface area contributed by atoms with E-state index in [9.17, 15) is 10.1 Å². The summed E-state index contributed by atoms with van der Waals surface area (Å²) in [5.41, 5.74) is 3.72. The number of carbonyl (C=O) groups excluding carboxylic acids is 1. The number of benzene rings is 4. The lowest BCUT2D eigenvalue weighted by Crippen LogP contribution is -2.20. The molecule has 0 aliphatic rings. The molecule has 0 spiro atoms. The Hall–Kier alpha value is -4.13. The first-order valence-corrected chi connectivity index (χ1v) is 10.8. The largest absolute Gasteiger partial charge is 0.426 e. The molecule has 0 heterocycles. The van der Waals surface area contributed by atoms with Crippen molar-refractivity contribution in [3.8, 4) is 11.8 Å². The van der Waals surface area contributed by atoms with E-state index in [1.54, 1.807) is 48.5 Å². The van der Waals surface area contributed by atoms with Gasteiger partial charge in [-0.1, -0.05) is 96.5 Å². The summed E-state index contributed by atoms with van der Waals surface area (Å²) in [6.45, 7) is 0. The molecule has 0 N–H and O–H groups in total. The lowest BCUT2D eigenvalue weighted by Gasteiger charge is -2.17. The molecule has 0 saturated heterocycles. The van der Waals surface area contributed by atoms with E-state index in [1.165, 1.54) is 0 Å². The van der Waals surface area contributed by atoms with E-state index in [0.29, 0.717) is 16.3 Å². The number of ether oxygens (including phenoxy) is 1. The fourth-order valence-electron chi connectivity index (χ4n) is 3.57. The van der Waals surface area contributed by atoms with Crippen LogP contribution >= 0.6 is 11.6 Å². The lowest BCUT2D eigenvalue weighted by atomic mass is 9.91. The van der Waals surface area contributed by atoms with Crippen LogP contribution in [0.15, 0.2) is 109 Å². The summed E-state index contributed by atoms with van der Waals surface area (Å²) >= 11 is 5.95.